The van der Waals surface area contributed by atoms with Crippen molar-refractivity contribution in [3.63, 3.8) is 0 Å². The third kappa shape index (κ3) is 5.52. The Morgan fingerprint density at radius 3 is 2.35 bits per heavy atom. The quantitative estimate of drug-likeness (QED) is 0.895. The largest absolute Gasteiger partial charge is 0.352 e. The van der Waals surface area contributed by atoms with Crippen molar-refractivity contribution in [2.75, 3.05) is 0 Å². The summed E-state index contributed by atoms with van der Waals surface area (Å²) in [5.74, 6) is -0.159. The maximum atomic E-state index is 11.6. The fourth-order valence-electron chi connectivity index (χ4n) is 1.19. The third-order valence-electron chi connectivity index (χ3n) is 2.58. The van der Waals surface area contributed by atoms with E-state index in [9.17, 15) is 4.79 Å². The molecule has 0 aliphatic carbocycles. The Morgan fingerprint density at radius 2 is 1.88 bits per heavy atom. The molecule has 5 heteroatoms. The molecule has 3 N–H and O–H groups in total. The van der Waals surface area contributed by atoms with Gasteiger partial charge in [-0.1, -0.05) is 35.0 Å². The minimum atomic E-state index is -0.157. The van der Waals surface area contributed by atoms with E-state index in [1.807, 2.05) is 38.1 Å². The van der Waals surface area contributed by atoms with Gasteiger partial charge in [0, 0.05) is 23.0 Å². The molecule has 0 saturated heterocycles. The van der Waals surface area contributed by atoms with Gasteiger partial charge in [-0.15, -0.1) is 12.4 Å². The number of nitrogens with one attached hydrogen (secondary N) is 1. The van der Waals surface area contributed by atoms with Crippen molar-refractivity contribution in [2.45, 2.75) is 26.4 Å². The van der Waals surface area contributed by atoms with Crippen LogP contribution in [0.4, 0.5) is 0 Å². The molecule has 0 radical (unpaired) electrons. The van der Waals surface area contributed by atoms with E-state index in [2.05, 4.69) is 21.2 Å². The highest BCUT2D eigenvalue weighted by Gasteiger charge is 2.16. The van der Waals surface area contributed by atoms with Crippen LogP contribution in [-0.2, 0) is 11.3 Å². The topological polar surface area (TPSA) is 55.1 Å². The van der Waals surface area contributed by atoms with Crippen LogP contribution in [0.5, 0.6) is 0 Å². The lowest BCUT2D eigenvalue weighted by molar-refractivity contribution is -0.125. The van der Waals surface area contributed by atoms with Crippen molar-refractivity contribution in [1.82, 2.24) is 5.32 Å². The Labute approximate surface area is 117 Å². The molecular formula is C12H18BrClN2O. The van der Waals surface area contributed by atoms with Crippen molar-refractivity contribution in [3.05, 3.63) is 34.3 Å². The summed E-state index contributed by atoms with van der Waals surface area (Å²) in [4.78, 5) is 11.6. The number of halogens is 2. The minimum Gasteiger partial charge on any atom is -0.352 e. The second-order valence-corrected chi connectivity index (χ2v) is 4.91. The Morgan fingerprint density at radius 1 is 1.35 bits per heavy atom. The molecule has 0 bridgehead atoms. The molecule has 1 aromatic carbocycles. The molecule has 0 heterocycles. The van der Waals surface area contributed by atoms with Crippen LogP contribution in [0.25, 0.3) is 0 Å². The van der Waals surface area contributed by atoms with Gasteiger partial charge in [0.15, 0.2) is 0 Å². The fraction of sp³-hybridized carbons (Fsp3) is 0.417. The second kappa shape index (κ2) is 7.69. The zero-order valence-corrected chi connectivity index (χ0v) is 12.3. The van der Waals surface area contributed by atoms with E-state index in [1.54, 1.807) is 0 Å². The monoisotopic (exact) mass is 320 g/mol. The molecule has 0 aromatic heterocycles. The lowest BCUT2D eigenvalue weighted by atomic mass is 10.0. The first-order valence-corrected chi connectivity index (χ1v) is 6.07. The summed E-state index contributed by atoms with van der Waals surface area (Å²) in [6.07, 6.45) is 0. The normalized spacial score (nSPS) is 13.4. The number of hydrogen-bond acceptors (Lipinski definition) is 2. The van der Waals surface area contributed by atoms with Gasteiger partial charge in [-0.3, -0.25) is 4.79 Å². The SMILES string of the molecule is CC(N)C(C)C(=O)NCc1ccc(Br)cc1.Cl. The zero-order chi connectivity index (χ0) is 12.1. The molecule has 0 saturated carbocycles. The highest BCUT2D eigenvalue weighted by molar-refractivity contribution is 9.10. The molecule has 0 aliphatic rings. The van der Waals surface area contributed by atoms with Crippen LogP contribution in [0.3, 0.4) is 0 Å². The van der Waals surface area contributed by atoms with E-state index in [4.69, 9.17) is 5.73 Å². The highest BCUT2D eigenvalue weighted by atomic mass is 79.9. The molecule has 96 valence electrons. The van der Waals surface area contributed by atoms with Gasteiger partial charge in [0.05, 0.1) is 0 Å². The third-order valence-corrected chi connectivity index (χ3v) is 3.11. The molecule has 2 unspecified atom stereocenters. The van der Waals surface area contributed by atoms with Crippen molar-refractivity contribution in [2.24, 2.45) is 11.7 Å². The molecular weight excluding hydrogens is 304 g/mol. The first-order chi connectivity index (χ1) is 7.50. The van der Waals surface area contributed by atoms with E-state index >= 15 is 0 Å². The Bertz CT molecular complexity index is 354. The summed E-state index contributed by atoms with van der Waals surface area (Å²) in [5, 5.41) is 2.87. The summed E-state index contributed by atoms with van der Waals surface area (Å²) in [6.45, 7) is 4.22. The van der Waals surface area contributed by atoms with Gasteiger partial charge in [0.2, 0.25) is 5.91 Å². The van der Waals surface area contributed by atoms with Gasteiger partial charge in [-0.25, -0.2) is 0 Å². The molecule has 1 rings (SSSR count). The van der Waals surface area contributed by atoms with Crippen molar-refractivity contribution in [3.8, 4) is 0 Å². The molecule has 1 amide bonds. The lowest BCUT2D eigenvalue weighted by Gasteiger charge is -2.15. The van der Waals surface area contributed by atoms with E-state index in [1.165, 1.54) is 0 Å². The maximum Gasteiger partial charge on any atom is 0.224 e. The van der Waals surface area contributed by atoms with Gasteiger partial charge in [-0.2, -0.15) is 0 Å². The van der Waals surface area contributed by atoms with Crippen LogP contribution < -0.4 is 11.1 Å². The van der Waals surface area contributed by atoms with Gasteiger partial charge in [0.1, 0.15) is 0 Å². The van der Waals surface area contributed by atoms with Gasteiger partial charge >= 0.3 is 0 Å². The predicted molar refractivity (Wildman–Crippen MR) is 76.1 cm³/mol. The predicted octanol–water partition coefficient (Wildman–Crippen LogP) is 2.47. The van der Waals surface area contributed by atoms with Crippen molar-refractivity contribution in [1.29, 1.82) is 0 Å². The van der Waals surface area contributed by atoms with Crippen LogP contribution in [0.1, 0.15) is 19.4 Å². The number of benzene rings is 1. The molecule has 0 fully saturated rings. The fourth-order valence-corrected chi connectivity index (χ4v) is 1.46. The maximum absolute atomic E-state index is 11.6. The summed E-state index contributed by atoms with van der Waals surface area (Å²) in [7, 11) is 0. The van der Waals surface area contributed by atoms with Crippen LogP contribution in [0.2, 0.25) is 0 Å². The molecule has 2 atom stereocenters. The van der Waals surface area contributed by atoms with Crippen LogP contribution in [-0.4, -0.2) is 11.9 Å². The van der Waals surface area contributed by atoms with E-state index in [0.29, 0.717) is 6.54 Å². The number of rotatable bonds is 4. The molecule has 1 aromatic rings. The van der Waals surface area contributed by atoms with Gasteiger partial charge in [0.25, 0.3) is 0 Å². The number of hydrogen-bond donors (Lipinski definition) is 2. The van der Waals surface area contributed by atoms with Gasteiger partial charge in [-0.05, 0) is 24.6 Å². The Kier molecular flexibility index (Phi) is 7.43. The van der Waals surface area contributed by atoms with Crippen molar-refractivity contribution < 1.29 is 4.79 Å². The van der Waals surface area contributed by atoms with Crippen molar-refractivity contribution >= 4 is 34.2 Å². The Balaban J connectivity index is 0.00000256. The molecule has 0 aliphatic heterocycles. The van der Waals surface area contributed by atoms with Gasteiger partial charge < -0.3 is 11.1 Å². The lowest BCUT2D eigenvalue weighted by Crippen LogP contribution is -2.38. The number of nitrogens with two attached hydrogens (primary N) is 1. The number of carbonyl (C=O) groups is 1. The number of amides is 1. The first-order valence-electron chi connectivity index (χ1n) is 5.28. The second-order valence-electron chi connectivity index (χ2n) is 3.99. The van der Waals surface area contributed by atoms with Crippen LogP contribution in [0.15, 0.2) is 28.7 Å². The standard InChI is InChI=1S/C12H17BrN2O.ClH/c1-8(9(2)14)12(16)15-7-10-3-5-11(13)6-4-10;/h3-6,8-9H,7,14H2,1-2H3,(H,15,16);1H. The molecule has 17 heavy (non-hydrogen) atoms. The van der Waals surface area contributed by atoms with Crippen LogP contribution >= 0.6 is 28.3 Å². The van der Waals surface area contributed by atoms with E-state index in [-0.39, 0.29) is 30.3 Å². The average molecular weight is 322 g/mol. The summed E-state index contributed by atoms with van der Waals surface area (Å²) < 4.78 is 1.03. The summed E-state index contributed by atoms with van der Waals surface area (Å²) in [6, 6.07) is 7.74. The number of carbonyl (C=O) groups excluding carboxylic acids is 1. The summed E-state index contributed by atoms with van der Waals surface area (Å²) >= 11 is 3.36. The van der Waals surface area contributed by atoms with Crippen LogP contribution in [0, 0.1) is 5.92 Å². The molecule has 0 spiro atoms. The summed E-state index contributed by atoms with van der Waals surface area (Å²) in [5.41, 5.74) is 6.74. The Hall–Kier alpha value is -0.580. The smallest absolute Gasteiger partial charge is 0.224 e. The average Bonchev–Trinajstić information content (AvgIpc) is 2.26. The van der Waals surface area contributed by atoms with E-state index in [0.717, 1.165) is 10.0 Å². The first kappa shape index (κ1) is 16.4. The highest BCUT2D eigenvalue weighted by Crippen LogP contribution is 2.10. The minimum absolute atomic E-state index is 0. The zero-order valence-electron chi connectivity index (χ0n) is 9.94. The van der Waals surface area contributed by atoms with E-state index < -0.39 is 0 Å². The molecule has 3 nitrogen and oxygen atoms in total.